The molecule has 1 fully saturated rings. The highest BCUT2D eigenvalue weighted by molar-refractivity contribution is 8.03. The lowest BCUT2D eigenvalue weighted by atomic mass is 10.2. The predicted octanol–water partition coefficient (Wildman–Crippen LogP) is 3.19. The van der Waals surface area contributed by atoms with E-state index in [4.69, 9.17) is 0 Å². The van der Waals surface area contributed by atoms with Crippen molar-refractivity contribution in [2.75, 3.05) is 50.1 Å². The molecule has 3 rings (SSSR count). The molecule has 1 aromatic carbocycles. The molecule has 4 nitrogen and oxygen atoms in total. The maximum absolute atomic E-state index is 11.6. The van der Waals surface area contributed by atoms with Crippen LogP contribution in [0.3, 0.4) is 0 Å². The number of fused-ring (bicyclic) bond motifs is 1. The molecule has 0 saturated carbocycles. The molecule has 0 spiro atoms. The molecule has 23 heavy (non-hydrogen) atoms. The molecular weight excluding hydrogens is 306 g/mol. The molecule has 0 amide bonds. The number of carbonyl (C=O) groups excluding carboxylic acids is 1. The van der Waals surface area contributed by atoms with Crippen molar-refractivity contribution in [3.05, 3.63) is 29.3 Å². The lowest BCUT2D eigenvalue weighted by molar-refractivity contribution is -0.112. The summed E-state index contributed by atoms with van der Waals surface area (Å²) in [6.07, 6.45) is 4.39. The Balaban J connectivity index is 1.85. The zero-order chi connectivity index (χ0) is 16.4. The minimum Gasteiger partial charge on any atom is -0.378 e. The fourth-order valence-electron chi connectivity index (χ4n) is 3.13. The number of anilines is 2. The van der Waals surface area contributed by atoms with E-state index in [2.05, 4.69) is 47.0 Å². The second-order valence-electron chi connectivity index (χ2n) is 6.44. The number of likely N-dealkylation sites (tertiary alicyclic amines) is 1. The molecule has 0 unspecified atom stereocenters. The van der Waals surface area contributed by atoms with E-state index in [9.17, 15) is 4.79 Å². The second kappa shape index (κ2) is 6.97. The van der Waals surface area contributed by atoms with Gasteiger partial charge in [0.1, 0.15) is 0 Å². The van der Waals surface area contributed by atoms with E-state index in [0.29, 0.717) is 0 Å². The predicted molar refractivity (Wildman–Crippen MR) is 98.4 cm³/mol. The summed E-state index contributed by atoms with van der Waals surface area (Å²) in [5.41, 5.74) is 2.42. The van der Waals surface area contributed by atoms with E-state index < -0.39 is 0 Å². The van der Waals surface area contributed by atoms with Gasteiger partial charge in [0.05, 0.1) is 10.7 Å². The summed E-state index contributed by atoms with van der Waals surface area (Å²) in [6, 6.07) is 6.54. The van der Waals surface area contributed by atoms with Crippen LogP contribution in [0.4, 0.5) is 11.4 Å². The van der Waals surface area contributed by atoms with Crippen molar-refractivity contribution in [2.24, 2.45) is 0 Å². The molecule has 0 aliphatic carbocycles. The molecule has 1 saturated heterocycles. The van der Waals surface area contributed by atoms with Gasteiger partial charge >= 0.3 is 0 Å². The molecule has 0 aromatic heterocycles. The number of allylic oxidation sites excluding steroid dienone is 1. The van der Waals surface area contributed by atoms with Crippen LogP contribution >= 0.6 is 11.8 Å². The molecule has 2 aliphatic heterocycles. The average Bonchev–Trinajstić information content (AvgIpc) is 3.11. The van der Waals surface area contributed by atoms with Crippen LogP contribution in [0.5, 0.6) is 0 Å². The number of nitrogens with zero attached hydrogens (tertiary/aromatic N) is 3. The third-order valence-electron chi connectivity index (χ3n) is 4.40. The van der Waals surface area contributed by atoms with Gasteiger partial charge in [-0.1, -0.05) is 11.8 Å². The largest absolute Gasteiger partial charge is 0.378 e. The smallest absolute Gasteiger partial charge is 0.155 e. The van der Waals surface area contributed by atoms with Crippen molar-refractivity contribution in [3.8, 4) is 0 Å². The monoisotopic (exact) mass is 331 g/mol. The minimum absolute atomic E-state index is 0.110. The van der Waals surface area contributed by atoms with Crippen molar-refractivity contribution in [1.29, 1.82) is 0 Å². The number of thioether (sulfide) groups is 1. The summed E-state index contributed by atoms with van der Waals surface area (Å²) >= 11 is 1.70. The first-order valence-corrected chi connectivity index (χ1v) is 9.07. The first kappa shape index (κ1) is 16.4. The Morgan fingerprint density at radius 3 is 2.65 bits per heavy atom. The number of benzene rings is 1. The SMILES string of the molecule is CC(=O)/C=C1\Sc2ccc(N(C)C)cc2N1CCN1CCCC1. The first-order valence-electron chi connectivity index (χ1n) is 8.26. The van der Waals surface area contributed by atoms with Crippen LogP contribution in [0.15, 0.2) is 34.2 Å². The van der Waals surface area contributed by atoms with Gasteiger partial charge in [-0.05, 0) is 51.1 Å². The fourth-order valence-corrected chi connectivity index (χ4v) is 4.29. The molecular formula is C18H25N3OS. The quantitative estimate of drug-likeness (QED) is 0.772. The molecule has 0 atom stereocenters. The molecule has 0 radical (unpaired) electrons. The third kappa shape index (κ3) is 3.72. The third-order valence-corrected chi connectivity index (χ3v) is 5.51. The average molecular weight is 331 g/mol. The van der Waals surface area contributed by atoms with Gasteiger partial charge in [0, 0.05) is 43.8 Å². The van der Waals surface area contributed by atoms with Crippen LogP contribution < -0.4 is 9.80 Å². The zero-order valence-corrected chi connectivity index (χ0v) is 15.0. The highest BCUT2D eigenvalue weighted by Gasteiger charge is 2.26. The van der Waals surface area contributed by atoms with E-state index in [0.717, 1.165) is 18.1 Å². The number of ketones is 1. The van der Waals surface area contributed by atoms with Crippen LogP contribution in [-0.2, 0) is 4.79 Å². The van der Waals surface area contributed by atoms with Gasteiger partial charge in [0.2, 0.25) is 0 Å². The Hall–Kier alpha value is -1.46. The molecule has 0 N–H and O–H groups in total. The van der Waals surface area contributed by atoms with E-state index in [1.165, 1.54) is 42.2 Å². The standard InChI is InChI=1S/C18H25N3OS/c1-14(22)12-18-21(11-10-20-8-4-5-9-20)16-13-15(19(2)3)6-7-17(16)23-18/h6-7,12-13H,4-5,8-11H2,1-3H3/b18-12-. The van der Waals surface area contributed by atoms with E-state index in [1.54, 1.807) is 24.8 Å². The highest BCUT2D eigenvalue weighted by Crippen LogP contribution is 2.47. The Morgan fingerprint density at radius 1 is 1.26 bits per heavy atom. The van der Waals surface area contributed by atoms with E-state index in [1.807, 2.05) is 0 Å². The maximum atomic E-state index is 11.6. The Labute approximate surface area is 143 Å². The van der Waals surface area contributed by atoms with Crippen LogP contribution in [0.2, 0.25) is 0 Å². The summed E-state index contributed by atoms with van der Waals surface area (Å²) in [6.45, 7) is 6.03. The number of hydrogen-bond donors (Lipinski definition) is 0. The number of carbonyl (C=O) groups is 1. The van der Waals surface area contributed by atoms with Crippen LogP contribution in [-0.4, -0.2) is 51.0 Å². The molecule has 5 heteroatoms. The van der Waals surface area contributed by atoms with Gasteiger partial charge in [0.25, 0.3) is 0 Å². The lowest BCUT2D eigenvalue weighted by Crippen LogP contribution is -2.31. The first-order chi connectivity index (χ1) is 11.0. The van der Waals surface area contributed by atoms with Crippen molar-refractivity contribution in [1.82, 2.24) is 4.90 Å². The molecule has 1 aromatic rings. The van der Waals surface area contributed by atoms with Crippen molar-refractivity contribution in [3.63, 3.8) is 0 Å². The van der Waals surface area contributed by atoms with Gasteiger partial charge in [0.15, 0.2) is 5.78 Å². The Kier molecular flexibility index (Phi) is 4.97. The van der Waals surface area contributed by atoms with Gasteiger partial charge in [-0.3, -0.25) is 4.79 Å². The summed E-state index contributed by atoms with van der Waals surface area (Å²) < 4.78 is 0. The fraction of sp³-hybridized carbons (Fsp3) is 0.500. The molecule has 0 bridgehead atoms. The normalized spacial score (nSPS) is 19.4. The van der Waals surface area contributed by atoms with E-state index in [-0.39, 0.29) is 5.78 Å². The summed E-state index contributed by atoms with van der Waals surface area (Å²) in [7, 11) is 4.12. The molecule has 2 heterocycles. The Morgan fingerprint density at radius 2 is 2.00 bits per heavy atom. The van der Waals surface area contributed by atoms with Crippen molar-refractivity contribution in [2.45, 2.75) is 24.7 Å². The van der Waals surface area contributed by atoms with Crippen LogP contribution in [0.1, 0.15) is 19.8 Å². The van der Waals surface area contributed by atoms with Gasteiger partial charge < -0.3 is 14.7 Å². The molecule has 124 valence electrons. The maximum Gasteiger partial charge on any atom is 0.155 e. The van der Waals surface area contributed by atoms with E-state index >= 15 is 0 Å². The zero-order valence-electron chi connectivity index (χ0n) is 14.2. The highest BCUT2D eigenvalue weighted by atomic mass is 32.2. The number of hydrogen-bond acceptors (Lipinski definition) is 5. The molecule has 2 aliphatic rings. The topological polar surface area (TPSA) is 26.8 Å². The van der Waals surface area contributed by atoms with Gasteiger partial charge in [-0.15, -0.1) is 0 Å². The lowest BCUT2D eigenvalue weighted by Gasteiger charge is -2.25. The summed E-state index contributed by atoms with van der Waals surface area (Å²) in [5.74, 6) is 0.110. The Bertz CT molecular complexity index is 621. The van der Waals surface area contributed by atoms with Crippen molar-refractivity contribution < 1.29 is 4.79 Å². The summed E-state index contributed by atoms with van der Waals surface area (Å²) in [4.78, 5) is 19.8. The van der Waals surface area contributed by atoms with Crippen LogP contribution in [0.25, 0.3) is 0 Å². The summed E-state index contributed by atoms with van der Waals surface area (Å²) in [5, 5.41) is 1.06. The number of rotatable bonds is 5. The minimum atomic E-state index is 0.110. The van der Waals surface area contributed by atoms with Crippen LogP contribution in [0, 0.1) is 0 Å². The second-order valence-corrected chi connectivity index (χ2v) is 7.50. The van der Waals surface area contributed by atoms with Gasteiger partial charge in [-0.2, -0.15) is 0 Å². The van der Waals surface area contributed by atoms with Gasteiger partial charge in [-0.25, -0.2) is 0 Å². The van der Waals surface area contributed by atoms with Crippen molar-refractivity contribution >= 4 is 28.9 Å².